The molecule has 178 valence electrons. The van der Waals surface area contributed by atoms with Gasteiger partial charge in [-0.3, -0.25) is 10.1 Å². The molecule has 8 nitrogen and oxygen atoms in total. The van der Waals surface area contributed by atoms with Crippen LogP contribution in [0.25, 0.3) is 0 Å². The third kappa shape index (κ3) is 7.41. The van der Waals surface area contributed by atoms with E-state index in [1.54, 1.807) is 18.2 Å². The van der Waals surface area contributed by atoms with E-state index in [1.807, 2.05) is 30.3 Å². The van der Waals surface area contributed by atoms with Gasteiger partial charge in [0.25, 0.3) is 5.91 Å². The molecular weight excluding hydrogens is 460 g/mol. The van der Waals surface area contributed by atoms with Crippen molar-refractivity contribution in [2.75, 3.05) is 49.3 Å². The fourth-order valence-electron chi connectivity index (χ4n) is 3.43. The van der Waals surface area contributed by atoms with Crippen LogP contribution in [0, 0.1) is 0 Å². The molecule has 1 aliphatic heterocycles. The van der Waals surface area contributed by atoms with Gasteiger partial charge in [-0.25, -0.2) is 8.42 Å². The maximum absolute atomic E-state index is 12.5. The summed E-state index contributed by atoms with van der Waals surface area (Å²) in [5.74, 6) is 0.344. The van der Waals surface area contributed by atoms with Crippen LogP contribution >= 0.6 is 12.2 Å². The van der Waals surface area contributed by atoms with Gasteiger partial charge in [-0.15, -0.1) is 0 Å². The summed E-state index contributed by atoms with van der Waals surface area (Å²) in [6.07, 6.45) is 3.24. The topological polar surface area (TPSA) is 91.0 Å². The SMILES string of the molecule is CCCCOc1cccc(C(=O)NC(=S)Nc2ccc(N3CCN(S(C)(=O)=O)CC3)cc2)c1. The predicted molar refractivity (Wildman–Crippen MR) is 136 cm³/mol. The van der Waals surface area contributed by atoms with Crippen LogP contribution in [0.1, 0.15) is 30.1 Å². The first-order valence-electron chi connectivity index (χ1n) is 10.9. The average Bonchev–Trinajstić information content (AvgIpc) is 2.79. The number of unbranched alkanes of at least 4 members (excludes halogenated alkanes) is 1. The van der Waals surface area contributed by atoms with Crippen molar-refractivity contribution >= 4 is 44.6 Å². The monoisotopic (exact) mass is 490 g/mol. The molecule has 3 rings (SSSR count). The average molecular weight is 491 g/mol. The molecule has 2 aromatic rings. The number of ether oxygens (including phenoxy) is 1. The molecular formula is C23H30N4O4S2. The Morgan fingerprint density at radius 3 is 2.42 bits per heavy atom. The Balaban J connectivity index is 1.51. The highest BCUT2D eigenvalue weighted by Crippen LogP contribution is 2.20. The van der Waals surface area contributed by atoms with Gasteiger partial charge in [0.05, 0.1) is 12.9 Å². The van der Waals surface area contributed by atoms with Crippen molar-refractivity contribution in [1.82, 2.24) is 9.62 Å². The maximum Gasteiger partial charge on any atom is 0.257 e. The van der Waals surface area contributed by atoms with Crippen LogP contribution in [0.2, 0.25) is 0 Å². The number of rotatable bonds is 8. The molecule has 1 saturated heterocycles. The van der Waals surface area contributed by atoms with E-state index in [0.717, 1.165) is 24.2 Å². The van der Waals surface area contributed by atoms with Crippen LogP contribution in [-0.4, -0.2) is 62.8 Å². The van der Waals surface area contributed by atoms with Crippen LogP contribution in [-0.2, 0) is 10.0 Å². The second kappa shape index (κ2) is 11.4. The summed E-state index contributed by atoms with van der Waals surface area (Å²) < 4.78 is 30.5. The molecule has 2 aromatic carbocycles. The van der Waals surface area contributed by atoms with Gasteiger partial charge >= 0.3 is 0 Å². The van der Waals surface area contributed by atoms with E-state index in [1.165, 1.54) is 10.6 Å². The zero-order chi connectivity index (χ0) is 23.8. The molecule has 1 aliphatic rings. The van der Waals surface area contributed by atoms with Crippen LogP contribution in [0.4, 0.5) is 11.4 Å². The number of nitrogens with one attached hydrogen (secondary N) is 2. The van der Waals surface area contributed by atoms with Crippen molar-refractivity contribution in [2.45, 2.75) is 19.8 Å². The minimum Gasteiger partial charge on any atom is -0.494 e. The molecule has 33 heavy (non-hydrogen) atoms. The van der Waals surface area contributed by atoms with E-state index >= 15 is 0 Å². The smallest absolute Gasteiger partial charge is 0.257 e. The number of amides is 1. The second-order valence-corrected chi connectivity index (χ2v) is 10.2. The third-order valence-electron chi connectivity index (χ3n) is 5.29. The molecule has 1 amide bonds. The summed E-state index contributed by atoms with van der Waals surface area (Å²) in [5, 5.41) is 5.91. The lowest BCUT2D eigenvalue weighted by atomic mass is 10.2. The van der Waals surface area contributed by atoms with E-state index in [2.05, 4.69) is 22.5 Å². The Morgan fingerprint density at radius 1 is 1.09 bits per heavy atom. The van der Waals surface area contributed by atoms with Crippen molar-refractivity contribution in [3.63, 3.8) is 0 Å². The minimum atomic E-state index is -3.15. The van der Waals surface area contributed by atoms with Crippen molar-refractivity contribution in [1.29, 1.82) is 0 Å². The van der Waals surface area contributed by atoms with Gasteiger partial charge in [-0.05, 0) is 61.1 Å². The number of benzene rings is 2. The highest BCUT2D eigenvalue weighted by molar-refractivity contribution is 7.88. The van der Waals surface area contributed by atoms with Gasteiger partial charge in [-0.1, -0.05) is 19.4 Å². The van der Waals surface area contributed by atoms with E-state index in [-0.39, 0.29) is 11.0 Å². The molecule has 0 saturated carbocycles. The van der Waals surface area contributed by atoms with Crippen LogP contribution < -0.4 is 20.3 Å². The number of hydrogen-bond acceptors (Lipinski definition) is 6. The number of sulfonamides is 1. The number of piperazine rings is 1. The molecule has 0 bridgehead atoms. The van der Waals surface area contributed by atoms with E-state index < -0.39 is 10.0 Å². The summed E-state index contributed by atoms with van der Waals surface area (Å²) in [6.45, 7) is 4.92. The van der Waals surface area contributed by atoms with Crippen LogP contribution in [0.5, 0.6) is 5.75 Å². The third-order valence-corrected chi connectivity index (χ3v) is 6.80. The molecule has 0 aliphatic carbocycles. The fraction of sp³-hybridized carbons (Fsp3) is 0.391. The Kier molecular flexibility index (Phi) is 8.65. The molecule has 0 spiro atoms. The predicted octanol–water partition coefficient (Wildman–Crippen LogP) is 3.07. The normalized spacial score (nSPS) is 14.5. The van der Waals surface area contributed by atoms with Crippen LogP contribution in [0.15, 0.2) is 48.5 Å². The molecule has 10 heteroatoms. The van der Waals surface area contributed by atoms with Gasteiger partial charge in [0.1, 0.15) is 5.75 Å². The maximum atomic E-state index is 12.5. The summed E-state index contributed by atoms with van der Waals surface area (Å²) in [7, 11) is -3.15. The lowest BCUT2D eigenvalue weighted by Crippen LogP contribution is -2.48. The zero-order valence-corrected chi connectivity index (χ0v) is 20.5. The Labute approximate surface area is 201 Å². The Morgan fingerprint density at radius 2 is 1.79 bits per heavy atom. The number of nitrogens with zero attached hydrogens (tertiary/aromatic N) is 2. The zero-order valence-electron chi connectivity index (χ0n) is 18.9. The summed E-state index contributed by atoms with van der Waals surface area (Å²) in [4.78, 5) is 14.7. The van der Waals surface area contributed by atoms with E-state index in [9.17, 15) is 13.2 Å². The summed E-state index contributed by atoms with van der Waals surface area (Å²) >= 11 is 5.29. The second-order valence-electron chi connectivity index (χ2n) is 7.83. The van der Waals surface area contributed by atoms with Crippen LogP contribution in [0.3, 0.4) is 0 Å². The fourth-order valence-corrected chi connectivity index (χ4v) is 4.47. The highest BCUT2D eigenvalue weighted by Gasteiger charge is 2.23. The number of anilines is 2. The van der Waals surface area contributed by atoms with Gasteiger partial charge in [0.2, 0.25) is 10.0 Å². The largest absolute Gasteiger partial charge is 0.494 e. The van der Waals surface area contributed by atoms with Gasteiger partial charge in [-0.2, -0.15) is 4.31 Å². The summed E-state index contributed by atoms with van der Waals surface area (Å²) in [6, 6.07) is 14.7. The molecule has 2 N–H and O–H groups in total. The van der Waals surface area contributed by atoms with Gasteiger partial charge in [0, 0.05) is 43.1 Å². The minimum absolute atomic E-state index is 0.201. The molecule has 0 radical (unpaired) electrons. The molecule has 0 aromatic heterocycles. The van der Waals surface area contributed by atoms with E-state index in [4.69, 9.17) is 17.0 Å². The van der Waals surface area contributed by atoms with Crippen molar-refractivity contribution < 1.29 is 17.9 Å². The quantitative estimate of drug-likeness (QED) is 0.434. The molecule has 0 unspecified atom stereocenters. The first-order chi connectivity index (χ1) is 15.8. The Hall–Kier alpha value is -2.69. The molecule has 1 fully saturated rings. The number of thiocarbonyl (C=S) groups is 1. The van der Waals surface area contributed by atoms with Gasteiger partial charge < -0.3 is 15.0 Å². The Bertz CT molecular complexity index is 1070. The van der Waals surface area contributed by atoms with E-state index in [0.29, 0.717) is 44.1 Å². The first-order valence-corrected chi connectivity index (χ1v) is 13.2. The number of carbonyl (C=O) groups excluding carboxylic acids is 1. The number of carbonyl (C=O) groups is 1. The van der Waals surface area contributed by atoms with Gasteiger partial charge in [0.15, 0.2) is 5.11 Å². The van der Waals surface area contributed by atoms with Crippen molar-refractivity contribution in [3.05, 3.63) is 54.1 Å². The first kappa shape index (κ1) is 24.9. The standard InChI is InChI=1S/C23H30N4O4S2/c1-3-4-16-31-21-7-5-6-18(17-21)22(28)25-23(32)24-19-8-10-20(11-9-19)26-12-14-27(15-13-26)33(2,29)30/h5-11,17H,3-4,12-16H2,1-2H3,(H2,24,25,28,32). The lowest BCUT2D eigenvalue weighted by molar-refractivity contribution is 0.0977. The molecule has 0 atom stereocenters. The number of hydrogen-bond donors (Lipinski definition) is 2. The summed E-state index contributed by atoms with van der Waals surface area (Å²) in [5.41, 5.74) is 2.22. The highest BCUT2D eigenvalue weighted by atomic mass is 32.2. The van der Waals surface area contributed by atoms with Crippen molar-refractivity contribution in [3.8, 4) is 5.75 Å². The molecule has 1 heterocycles. The van der Waals surface area contributed by atoms with Crippen molar-refractivity contribution in [2.24, 2.45) is 0 Å². The lowest BCUT2D eigenvalue weighted by Gasteiger charge is -2.34.